The van der Waals surface area contributed by atoms with Gasteiger partial charge >= 0.3 is 0 Å². The Morgan fingerprint density at radius 1 is 1.53 bits per heavy atom. The monoisotopic (exact) mass is 283 g/mol. The first kappa shape index (κ1) is 14.6. The lowest BCUT2D eigenvalue weighted by Gasteiger charge is -2.30. The maximum Gasteiger partial charge on any atom is 0.120 e. The van der Waals surface area contributed by atoms with E-state index >= 15 is 0 Å². The minimum atomic E-state index is 0.132. The fourth-order valence-corrected chi connectivity index (χ4v) is 2.85. The number of rotatable bonds is 5. The van der Waals surface area contributed by atoms with Crippen LogP contribution in [-0.4, -0.2) is 35.8 Å². The molecule has 1 aliphatic heterocycles. The van der Waals surface area contributed by atoms with Crippen molar-refractivity contribution in [2.45, 2.75) is 38.8 Å². The molecule has 0 radical (unpaired) electrons. The van der Waals surface area contributed by atoms with Gasteiger partial charge in [-0.15, -0.1) is 0 Å². The molecule has 1 aromatic carbocycles. The van der Waals surface area contributed by atoms with E-state index in [2.05, 4.69) is 18.7 Å². The largest absolute Gasteiger partial charge is 0.508 e. The van der Waals surface area contributed by atoms with Gasteiger partial charge in [-0.3, -0.25) is 4.90 Å². The van der Waals surface area contributed by atoms with Gasteiger partial charge in [0.05, 0.1) is 6.10 Å². The van der Waals surface area contributed by atoms with Crippen molar-refractivity contribution in [2.75, 3.05) is 19.7 Å². The molecule has 1 fully saturated rings. The summed E-state index contributed by atoms with van der Waals surface area (Å²) in [6.45, 7) is 6.94. The van der Waals surface area contributed by atoms with Crippen LogP contribution in [0.1, 0.15) is 38.3 Å². The van der Waals surface area contributed by atoms with Gasteiger partial charge in [0, 0.05) is 29.8 Å². The van der Waals surface area contributed by atoms with E-state index in [4.69, 9.17) is 16.3 Å². The van der Waals surface area contributed by atoms with Crippen molar-refractivity contribution in [1.82, 2.24) is 4.90 Å². The van der Waals surface area contributed by atoms with E-state index < -0.39 is 0 Å². The summed E-state index contributed by atoms with van der Waals surface area (Å²) >= 11 is 6.02. The molecule has 1 N–H and O–H groups in total. The second-order valence-corrected chi connectivity index (χ2v) is 5.54. The van der Waals surface area contributed by atoms with E-state index in [1.807, 2.05) is 6.07 Å². The van der Waals surface area contributed by atoms with Crippen LogP contribution in [0.15, 0.2) is 18.2 Å². The highest BCUT2D eigenvalue weighted by molar-refractivity contribution is 6.30. The maximum atomic E-state index is 9.99. The fourth-order valence-electron chi connectivity index (χ4n) is 2.67. The summed E-state index contributed by atoms with van der Waals surface area (Å²) in [4.78, 5) is 2.32. The van der Waals surface area contributed by atoms with Gasteiger partial charge < -0.3 is 9.84 Å². The number of hydrogen-bond acceptors (Lipinski definition) is 3. The van der Waals surface area contributed by atoms with Crippen LogP contribution in [0, 0.1) is 0 Å². The van der Waals surface area contributed by atoms with E-state index in [1.54, 1.807) is 12.1 Å². The summed E-state index contributed by atoms with van der Waals surface area (Å²) in [5.74, 6) is 0.308. The number of aromatic hydroxyl groups is 1. The van der Waals surface area contributed by atoms with Crippen LogP contribution in [0.3, 0.4) is 0 Å². The predicted molar refractivity (Wildman–Crippen MR) is 77.8 cm³/mol. The first-order valence-electron chi connectivity index (χ1n) is 6.96. The predicted octanol–water partition coefficient (Wildman–Crippen LogP) is 3.61. The molecular formula is C15H22ClNO2. The Bertz CT molecular complexity index is 419. The molecule has 106 valence electrons. The number of phenolic OH excluding ortho intramolecular Hbond substituents is 1. The van der Waals surface area contributed by atoms with Crippen LogP contribution in [0.4, 0.5) is 0 Å². The number of phenols is 1. The van der Waals surface area contributed by atoms with Crippen molar-refractivity contribution < 1.29 is 9.84 Å². The molecule has 0 amide bonds. The molecule has 0 bridgehead atoms. The summed E-state index contributed by atoms with van der Waals surface area (Å²) in [6.07, 6.45) is 2.60. The van der Waals surface area contributed by atoms with Crippen LogP contribution in [0.25, 0.3) is 0 Å². The Kier molecular flexibility index (Phi) is 5.08. The zero-order chi connectivity index (χ0) is 13.8. The average Bonchev–Trinajstić information content (AvgIpc) is 2.91. The van der Waals surface area contributed by atoms with Crippen LogP contribution in [0.5, 0.6) is 5.75 Å². The molecule has 19 heavy (non-hydrogen) atoms. The number of likely N-dealkylation sites (N-methyl/N-ethyl adjacent to an activating group) is 1. The summed E-state index contributed by atoms with van der Waals surface area (Å²) in [5, 5.41) is 10.7. The van der Waals surface area contributed by atoms with Crippen molar-refractivity contribution >= 4 is 11.6 Å². The zero-order valence-corrected chi connectivity index (χ0v) is 12.4. The van der Waals surface area contributed by atoms with Crippen LogP contribution >= 0.6 is 11.6 Å². The van der Waals surface area contributed by atoms with Crippen molar-refractivity contribution in [3.05, 3.63) is 28.8 Å². The number of halogens is 1. The highest BCUT2D eigenvalue weighted by Gasteiger charge is 2.23. The van der Waals surface area contributed by atoms with Crippen LogP contribution in [-0.2, 0) is 4.74 Å². The molecular weight excluding hydrogens is 262 g/mol. The molecule has 1 aliphatic rings. The van der Waals surface area contributed by atoms with Crippen molar-refractivity contribution in [1.29, 1.82) is 0 Å². The molecule has 2 atom stereocenters. The maximum absolute atomic E-state index is 9.99. The van der Waals surface area contributed by atoms with Gasteiger partial charge in [0.25, 0.3) is 0 Å². The third kappa shape index (κ3) is 3.62. The van der Waals surface area contributed by atoms with Gasteiger partial charge in [0.1, 0.15) is 5.75 Å². The minimum absolute atomic E-state index is 0.132. The molecule has 1 saturated heterocycles. The third-order valence-corrected chi connectivity index (χ3v) is 4.09. The molecule has 0 aliphatic carbocycles. The first-order valence-corrected chi connectivity index (χ1v) is 7.33. The van der Waals surface area contributed by atoms with Crippen LogP contribution < -0.4 is 0 Å². The standard InChI is InChI=1S/C15H22ClNO2/c1-3-17(10-13-5-4-8-19-13)11(2)14-9-12(16)6-7-15(14)18/h6-7,9,11,13,18H,3-5,8,10H2,1-2H3. The van der Waals surface area contributed by atoms with Gasteiger partial charge in [0.15, 0.2) is 0 Å². The number of ether oxygens (including phenoxy) is 1. The van der Waals surface area contributed by atoms with Gasteiger partial charge in [-0.2, -0.15) is 0 Å². The van der Waals surface area contributed by atoms with Crippen molar-refractivity contribution in [3.8, 4) is 5.75 Å². The Morgan fingerprint density at radius 2 is 2.32 bits per heavy atom. The van der Waals surface area contributed by atoms with Gasteiger partial charge in [0.2, 0.25) is 0 Å². The molecule has 0 aromatic heterocycles. The number of nitrogens with zero attached hydrogens (tertiary/aromatic N) is 1. The fraction of sp³-hybridized carbons (Fsp3) is 0.600. The topological polar surface area (TPSA) is 32.7 Å². The molecule has 3 nitrogen and oxygen atoms in total. The first-order chi connectivity index (χ1) is 9.11. The zero-order valence-electron chi connectivity index (χ0n) is 11.6. The highest BCUT2D eigenvalue weighted by atomic mass is 35.5. The minimum Gasteiger partial charge on any atom is -0.508 e. The molecule has 1 aromatic rings. The Hall–Kier alpha value is -0.770. The van der Waals surface area contributed by atoms with E-state index in [0.717, 1.165) is 38.1 Å². The lowest BCUT2D eigenvalue weighted by Crippen LogP contribution is -2.34. The quantitative estimate of drug-likeness (QED) is 0.896. The molecule has 4 heteroatoms. The van der Waals surface area contributed by atoms with Crippen molar-refractivity contribution in [3.63, 3.8) is 0 Å². The second kappa shape index (κ2) is 6.60. The van der Waals surface area contributed by atoms with E-state index in [-0.39, 0.29) is 6.04 Å². The molecule has 0 spiro atoms. The van der Waals surface area contributed by atoms with E-state index in [9.17, 15) is 5.11 Å². The summed E-state index contributed by atoms with van der Waals surface area (Å²) in [7, 11) is 0. The van der Waals surface area contributed by atoms with E-state index in [0.29, 0.717) is 16.9 Å². The lowest BCUT2D eigenvalue weighted by atomic mass is 10.0. The second-order valence-electron chi connectivity index (χ2n) is 5.10. The van der Waals surface area contributed by atoms with Gasteiger partial charge in [-0.25, -0.2) is 0 Å². The number of benzene rings is 1. The third-order valence-electron chi connectivity index (χ3n) is 3.86. The normalized spacial score (nSPS) is 20.9. The summed E-state index contributed by atoms with van der Waals surface area (Å²) in [6, 6.07) is 5.35. The highest BCUT2D eigenvalue weighted by Crippen LogP contribution is 2.31. The van der Waals surface area contributed by atoms with Gasteiger partial charge in [-0.1, -0.05) is 18.5 Å². The van der Waals surface area contributed by atoms with E-state index in [1.165, 1.54) is 0 Å². The summed E-state index contributed by atoms with van der Waals surface area (Å²) < 4.78 is 5.70. The summed E-state index contributed by atoms with van der Waals surface area (Å²) in [5.41, 5.74) is 0.882. The molecule has 0 saturated carbocycles. The smallest absolute Gasteiger partial charge is 0.120 e. The Labute approximate surface area is 120 Å². The molecule has 2 rings (SSSR count). The van der Waals surface area contributed by atoms with Gasteiger partial charge in [-0.05, 0) is 44.5 Å². The SMILES string of the molecule is CCN(CC1CCCO1)C(C)c1cc(Cl)ccc1O. The van der Waals surface area contributed by atoms with Crippen molar-refractivity contribution in [2.24, 2.45) is 0 Å². The Morgan fingerprint density at radius 3 is 2.95 bits per heavy atom. The molecule has 2 unspecified atom stereocenters. The lowest BCUT2D eigenvalue weighted by molar-refractivity contribution is 0.0614. The molecule has 1 heterocycles. The average molecular weight is 284 g/mol. The number of hydrogen-bond donors (Lipinski definition) is 1. The Balaban J connectivity index is 2.10. The van der Waals surface area contributed by atoms with Crippen LogP contribution in [0.2, 0.25) is 5.02 Å².